The number of alkyl carbamates (subject to hydrolysis) is 1. The van der Waals surface area contributed by atoms with E-state index < -0.39 is 47.6 Å². The molecule has 56 heavy (non-hydrogen) atoms. The average Bonchev–Trinajstić information content (AvgIpc) is 3.62. The van der Waals surface area contributed by atoms with Crippen LogP contribution in [-0.4, -0.2) is 95.4 Å². The van der Waals surface area contributed by atoms with Gasteiger partial charge in [-0.2, -0.15) is 0 Å². The zero-order valence-electron chi connectivity index (χ0n) is 32.5. The Morgan fingerprint density at radius 1 is 1.00 bits per heavy atom. The van der Waals surface area contributed by atoms with Crippen molar-refractivity contribution in [3.63, 3.8) is 0 Å². The Hall–Kier alpha value is -4.92. The number of hydrogen-bond donors (Lipinski definition) is 3. The van der Waals surface area contributed by atoms with Gasteiger partial charge in [0.2, 0.25) is 11.8 Å². The Morgan fingerprint density at radius 3 is 2.57 bits per heavy atom. The minimum atomic E-state index is -1.22. The van der Waals surface area contributed by atoms with Crippen molar-refractivity contribution in [3.8, 4) is 22.9 Å². The molecule has 4 aliphatic rings. The van der Waals surface area contributed by atoms with E-state index in [2.05, 4.69) is 16.0 Å². The highest BCUT2D eigenvalue weighted by Gasteiger charge is 2.62. The average molecular weight is 789 g/mol. The second-order valence-electron chi connectivity index (χ2n) is 15.5. The maximum atomic E-state index is 14.6. The van der Waals surface area contributed by atoms with Gasteiger partial charge in [-0.15, -0.1) is 11.3 Å². The minimum absolute atomic E-state index is 0.0653. The van der Waals surface area contributed by atoms with Crippen LogP contribution >= 0.6 is 11.3 Å². The molecule has 2 aliphatic heterocycles. The molecular weight excluding hydrogens is 737 g/mol. The lowest BCUT2D eigenvalue weighted by Crippen LogP contribution is -2.56. The van der Waals surface area contributed by atoms with Gasteiger partial charge in [-0.3, -0.25) is 9.59 Å². The van der Waals surface area contributed by atoms with Crippen LogP contribution in [0, 0.1) is 5.92 Å². The van der Waals surface area contributed by atoms with Gasteiger partial charge in [0, 0.05) is 41.3 Å². The van der Waals surface area contributed by atoms with E-state index in [0.29, 0.717) is 47.7 Å². The number of nitrogens with one attached hydrogen (secondary N) is 3. The number of thiazole rings is 1. The van der Waals surface area contributed by atoms with Crippen LogP contribution in [0.2, 0.25) is 0 Å². The highest BCUT2D eigenvalue weighted by Crippen LogP contribution is 2.46. The second kappa shape index (κ2) is 17.1. The van der Waals surface area contributed by atoms with E-state index in [4.69, 9.17) is 28.9 Å². The fraction of sp³-hybridized carbons (Fsp3) is 0.561. The molecule has 0 radical (unpaired) electrons. The molecule has 2 saturated carbocycles. The third-order valence-corrected chi connectivity index (χ3v) is 11.9. The summed E-state index contributed by atoms with van der Waals surface area (Å²) in [5.41, 5.74) is 0.669. The summed E-state index contributed by atoms with van der Waals surface area (Å²) in [6.07, 6.45) is 10.3. The number of methoxy groups -OCH3 is 2. The lowest BCUT2D eigenvalue weighted by molar-refractivity contribution is -0.148. The lowest BCUT2D eigenvalue weighted by Gasteiger charge is -2.29. The summed E-state index contributed by atoms with van der Waals surface area (Å²) in [7, 11) is 2.90. The summed E-state index contributed by atoms with van der Waals surface area (Å²) < 4.78 is 23.1. The van der Waals surface area contributed by atoms with Crippen LogP contribution in [0.15, 0.2) is 41.8 Å². The number of ether oxygens (including phenoxy) is 4. The van der Waals surface area contributed by atoms with Gasteiger partial charge < -0.3 is 39.8 Å². The van der Waals surface area contributed by atoms with Crippen molar-refractivity contribution in [3.05, 3.63) is 41.8 Å². The van der Waals surface area contributed by atoms with Gasteiger partial charge in [-0.05, 0) is 77.3 Å². The maximum absolute atomic E-state index is 14.6. The first-order valence-electron chi connectivity index (χ1n) is 19.8. The number of anilines is 1. The van der Waals surface area contributed by atoms with Gasteiger partial charge in [0.1, 0.15) is 47.0 Å². The predicted molar refractivity (Wildman–Crippen MR) is 212 cm³/mol. The third-order valence-electron chi connectivity index (χ3n) is 11.1. The number of esters is 1. The van der Waals surface area contributed by atoms with Gasteiger partial charge in [0.25, 0.3) is 0 Å². The minimum Gasteiger partial charge on any atom is -0.497 e. The molecule has 3 fully saturated rings. The van der Waals surface area contributed by atoms with Crippen LogP contribution in [0.3, 0.4) is 0 Å². The standard InChI is InChI=1S/C41H52N6O8S/c1-24(2)42-39-44-33(23-56-39)32-20-35(29-17-16-27(52-3)18-31(29)43-32)54-28-19-34-36(48)46-41(38(50)53-4)21-25(41)12-8-6-5-7-9-15-30(37(49)47(34)22-28)45-40(51)55-26-13-10-11-14-26/h8,12,16-18,20,23-26,28,30,34H,5-7,9-11,13-15,19,21-22H2,1-4H3,(H,42,44)(H,45,51)(H,46,48)/b12-8-/t25-,28?,30-,34-,41+/m0/s1. The zero-order chi connectivity index (χ0) is 39.4. The SMILES string of the molecule is COC(=O)[C@@]12C[C@@H]1/C=C\CCCCC[C@H](NC(=O)OC1CCCC1)C(=O)N1CC(Oc3cc(-c4csc(NC(C)C)n4)nc4cc(OC)ccc34)C[C@H]1C(=O)N2. The summed E-state index contributed by atoms with van der Waals surface area (Å²) in [5, 5.41) is 12.6. The number of nitrogens with zero attached hydrogens (tertiary/aromatic N) is 3. The number of hydrogen-bond acceptors (Lipinski definition) is 12. The highest BCUT2D eigenvalue weighted by molar-refractivity contribution is 7.14. The van der Waals surface area contributed by atoms with Crippen LogP contribution in [0.4, 0.5) is 9.93 Å². The number of benzene rings is 1. The van der Waals surface area contributed by atoms with Crippen molar-refractivity contribution in [2.45, 2.75) is 120 Å². The molecule has 0 spiro atoms. The Bertz CT molecular complexity index is 1960. The van der Waals surface area contributed by atoms with E-state index >= 15 is 0 Å². The van der Waals surface area contributed by atoms with Crippen LogP contribution in [0.25, 0.3) is 22.3 Å². The first-order valence-corrected chi connectivity index (χ1v) is 20.7. The number of rotatable bonds is 9. The van der Waals surface area contributed by atoms with Crippen molar-refractivity contribution in [1.82, 2.24) is 25.5 Å². The summed E-state index contributed by atoms with van der Waals surface area (Å²) in [4.78, 5) is 66.5. The molecule has 14 nitrogen and oxygen atoms in total. The van der Waals surface area contributed by atoms with Crippen molar-refractivity contribution >= 4 is 51.2 Å². The van der Waals surface area contributed by atoms with Gasteiger partial charge in [-0.1, -0.05) is 25.0 Å². The predicted octanol–water partition coefficient (Wildman–Crippen LogP) is 6.14. The summed E-state index contributed by atoms with van der Waals surface area (Å²) >= 11 is 1.48. The number of carbonyl (C=O) groups excluding carboxylic acids is 4. The number of carbonyl (C=O) groups is 4. The largest absolute Gasteiger partial charge is 0.497 e. The molecule has 3 N–H and O–H groups in total. The molecule has 1 aromatic carbocycles. The molecular formula is C41H52N6O8S. The van der Waals surface area contributed by atoms with Crippen molar-refractivity contribution in [2.75, 3.05) is 26.1 Å². The number of aromatic nitrogens is 2. The highest BCUT2D eigenvalue weighted by atomic mass is 32.1. The first kappa shape index (κ1) is 39.3. The van der Waals surface area contributed by atoms with E-state index in [-0.39, 0.29) is 31.0 Å². The molecule has 300 valence electrons. The summed E-state index contributed by atoms with van der Waals surface area (Å²) in [6.45, 7) is 4.16. The normalized spacial score (nSPS) is 26.3. The number of allylic oxidation sites excluding steroid dienone is 1. The molecule has 4 heterocycles. The Balaban J connectivity index is 1.21. The quantitative estimate of drug-likeness (QED) is 0.168. The third kappa shape index (κ3) is 8.72. The van der Waals surface area contributed by atoms with E-state index in [1.807, 2.05) is 55.6 Å². The first-order chi connectivity index (χ1) is 27.1. The van der Waals surface area contributed by atoms with Crippen molar-refractivity contribution < 1.29 is 38.1 Å². The van der Waals surface area contributed by atoms with E-state index in [1.54, 1.807) is 7.11 Å². The van der Waals surface area contributed by atoms with Crippen molar-refractivity contribution in [2.24, 2.45) is 5.92 Å². The van der Waals surface area contributed by atoms with Crippen LogP contribution in [0.1, 0.15) is 84.5 Å². The van der Waals surface area contributed by atoms with Gasteiger partial charge in [0.15, 0.2) is 5.13 Å². The molecule has 7 rings (SSSR count). The van der Waals surface area contributed by atoms with E-state index in [0.717, 1.165) is 55.5 Å². The number of pyridine rings is 1. The molecule has 15 heteroatoms. The molecule has 2 aromatic heterocycles. The van der Waals surface area contributed by atoms with Gasteiger partial charge in [-0.25, -0.2) is 19.6 Å². The molecule has 0 bridgehead atoms. The molecule has 3 aromatic rings. The number of amides is 3. The topological polar surface area (TPSA) is 170 Å². The van der Waals surface area contributed by atoms with Crippen LogP contribution in [0.5, 0.6) is 11.5 Å². The van der Waals surface area contributed by atoms with Gasteiger partial charge in [0.05, 0.1) is 32.0 Å². The van der Waals surface area contributed by atoms with Crippen LogP contribution in [-0.2, 0) is 23.9 Å². The molecule has 1 saturated heterocycles. The van der Waals surface area contributed by atoms with Crippen molar-refractivity contribution in [1.29, 1.82) is 0 Å². The van der Waals surface area contributed by atoms with E-state index in [9.17, 15) is 19.2 Å². The van der Waals surface area contributed by atoms with Gasteiger partial charge >= 0.3 is 12.1 Å². The Kier molecular flexibility index (Phi) is 12.0. The fourth-order valence-corrected chi connectivity index (χ4v) is 8.92. The molecule has 5 atom stereocenters. The molecule has 3 amide bonds. The smallest absolute Gasteiger partial charge is 0.408 e. The summed E-state index contributed by atoms with van der Waals surface area (Å²) in [6, 6.07) is 5.65. The fourth-order valence-electron chi connectivity index (χ4n) is 8.07. The molecule has 1 unspecified atom stereocenters. The Labute approximate surface area is 331 Å². The summed E-state index contributed by atoms with van der Waals surface area (Å²) in [5.74, 6) is -0.492. The molecule has 2 aliphatic carbocycles. The maximum Gasteiger partial charge on any atom is 0.408 e. The second-order valence-corrected chi connectivity index (χ2v) is 16.4. The monoisotopic (exact) mass is 788 g/mol. The van der Waals surface area contributed by atoms with E-state index in [1.165, 1.54) is 23.3 Å². The Morgan fingerprint density at radius 2 is 1.80 bits per heavy atom. The van der Waals surface area contributed by atoms with Crippen LogP contribution < -0.4 is 25.4 Å². The zero-order valence-corrected chi connectivity index (χ0v) is 33.3. The lowest BCUT2D eigenvalue weighted by atomic mass is 10.0. The number of fused-ring (bicyclic) bond motifs is 3.